The van der Waals surface area contributed by atoms with Gasteiger partial charge in [-0.3, -0.25) is 0 Å². The first-order chi connectivity index (χ1) is 3.66. The second-order valence-corrected chi connectivity index (χ2v) is 2.26. The summed E-state index contributed by atoms with van der Waals surface area (Å²) in [5.74, 6) is 0. The predicted octanol–water partition coefficient (Wildman–Crippen LogP) is 0.618. The number of thiocarbonyl (C=S) groups is 1. The molecule has 0 saturated carbocycles. The van der Waals surface area contributed by atoms with Crippen molar-refractivity contribution < 1.29 is 0 Å². The number of hydrogen-bond acceptors (Lipinski definition) is 1. The number of rotatable bonds is 2. The molecule has 0 aromatic rings. The lowest BCUT2D eigenvalue weighted by atomic mass is 10.3. The van der Waals surface area contributed by atoms with E-state index >= 15 is 0 Å². The van der Waals surface area contributed by atoms with Crippen LogP contribution in [0.15, 0.2) is 0 Å². The Bertz CT molecular complexity index is 82.5. The number of nitrogens with two attached hydrogens (primary N) is 1. The van der Waals surface area contributed by atoms with Crippen LogP contribution in [0, 0.1) is 0 Å². The van der Waals surface area contributed by atoms with Crippen molar-refractivity contribution in [2.45, 2.75) is 26.3 Å². The SMILES string of the molecule is CC[C@@H](C)NC(N)=S. The van der Waals surface area contributed by atoms with Crippen molar-refractivity contribution in [1.29, 1.82) is 0 Å². The van der Waals surface area contributed by atoms with E-state index in [0.717, 1.165) is 6.42 Å². The highest BCUT2D eigenvalue weighted by atomic mass is 32.1. The molecule has 0 saturated heterocycles. The minimum absolute atomic E-state index is 0.388. The molecule has 0 aliphatic rings. The summed E-state index contributed by atoms with van der Waals surface area (Å²) in [5, 5.41) is 3.29. The van der Waals surface area contributed by atoms with Crippen LogP contribution in [0.2, 0.25) is 0 Å². The summed E-state index contributed by atoms with van der Waals surface area (Å²) in [6.07, 6.45) is 1.05. The molecule has 0 aliphatic carbocycles. The topological polar surface area (TPSA) is 38.0 Å². The van der Waals surface area contributed by atoms with Crippen LogP contribution in [-0.4, -0.2) is 11.2 Å². The van der Waals surface area contributed by atoms with Crippen molar-refractivity contribution in [2.75, 3.05) is 0 Å². The first-order valence-corrected chi connectivity index (χ1v) is 3.13. The quantitative estimate of drug-likeness (QED) is 0.541. The van der Waals surface area contributed by atoms with Crippen LogP contribution >= 0.6 is 12.2 Å². The molecule has 3 heteroatoms. The van der Waals surface area contributed by atoms with Crippen LogP contribution in [0.25, 0.3) is 0 Å². The van der Waals surface area contributed by atoms with E-state index in [9.17, 15) is 0 Å². The van der Waals surface area contributed by atoms with Gasteiger partial charge >= 0.3 is 0 Å². The van der Waals surface area contributed by atoms with Gasteiger partial charge in [0.2, 0.25) is 0 Å². The van der Waals surface area contributed by atoms with E-state index in [-0.39, 0.29) is 0 Å². The third kappa shape index (κ3) is 3.87. The molecule has 48 valence electrons. The van der Waals surface area contributed by atoms with Crippen molar-refractivity contribution in [3.05, 3.63) is 0 Å². The maximum absolute atomic E-state index is 5.19. The van der Waals surface area contributed by atoms with Crippen molar-refractivity contribution >= 4 is 17.3 Å². The summed E-state index contributed by atoms with van der Waals surface area (Å²) in [6, 6.07) is 0.410. The van der Waals surface area contributed by atoms with E-state index in [1.807, 2.05) is 6.92 Å². The van der Waals surface area contributed by atoms with Gasteiger partial charge in [0.1, 0.15) is 0 Å². The predicted molar refractivity (Wildman–Crippen MR) is 39.7 cm³/mol. The van der Waals surface area contributed by atoms with Crippen LogP contribution in [0.4, 0.5) is 0 Å². The van der Waals surface area contributed by atoms with Gasteiger partial charge in [-0.25, -0.2) is 0 Å². The molecule has 0 unspecified atom stereocenters. The summed E-state index contributed by atoms with van der Waals surface area (Å²) >= 11 is 4.60. The van der Waals surface area contributed by atoms with E-state index in [2.05, 4.69) is 24.5 Å². The highest BCUT2D eigenvalue weighted by Gasteiger charge is 1.94. The lowest BCUT2D eigenvalue weighted by Gasteiger charge is -2.09. The summed E-state index contributed by atoms with van der Waals surface area (Å²) in [5.41, 5.74) is 5.19. The first-order valence-electron chi connectivity index (χ1n) is 2.72. The zero-order valence-electron chi connectivity index (χ0n) is 5.27. The molecule has 0 spiro atoms. The molecule has 0 aliphatic heterocycles. The Morgan fingerprint density at radius 1 is 1.88 bits per heavy atom. The fourth-order valence-electron chi connectivity index (χ4n) is 0.345. The van der Waals surface area contributed by atoms with Crippen molar-refractivity contribution in [1.82, 2.24) is 5.32 Å². The standard InChI is InChI=1S/C5H12N2S/c1-3-4(2)7-5(6)8/h4H,3H2,1-2H3,(H3,6,7,8)/t4-/m1/s1. The Hall–Kier alpha value is -0.310. The normalized spacial score (nSPS) is 12.8. The summed E-state index contributed by atoms with van der Waals surface area (Å²) in [7, 11) is 0. The Morgan fingerprint density at radius 2 is 2.38 bits per heavy atom. The van der Waals surface area contributed by atoms with Gasteiger partial charge < -0.3 is 11.1 Å². The minimum Gasteiger partial charge on any atom is -0.376 e. The zero-order valence-corrected chi connectivity index (χ0v) is 6.09. The molecular formula is C5H12N2S. The smallest absolute Gasteiger partial charge is 0.163 e. The monoisotopic (exact) mass is 132 g/mol. The second kappa shape index (κ2) is 3.66. The van der Waals surface area contributed by atoms with Crippen molar-refractivity contribution in [3.63, 3.8) is 0 Å². The minimum atomic E-state index is 0.388. The molecule has 0 radical (unpaired) electrons. The molecule has 0 fully saturated rings. The fraction of sp³-hybridized carbons (Fsp3) is 0.800. The van der Waals surface area contributed by atoms with Gasteiger partial charge in [0.05, 0.1) is 0 Å². The molecule has 0 aromatic carbocycles. The average Bonchev–Trinajstić information content (AvgIpc) is 1.65. The summed E-state index contributed by atoms with van der Waals surface area (Å²) in [6.45, 7) is 4.12. The molecule has 0 aromatic heterocycles. The maximum atomic E-state index is 5.19. The highest BCUT2D eigenvalue weighted by Crippen LogP contribution is 1.84. The molecule has 8 heavy (non-hydrogen) atoms. The van der Waals surface area contributed by atoms with Crippen LogP contribution in [0.3, 0.4) is 0 Å². The third-order valence-electron chi connectivity index (χ3n) is 1.00. The molecular weight excluding hydrogens is 120 g/mol. The van der Waals surface area contributed by atoms with Gasteiger partial charge in [0.15, 0.2) is 5.11 Å². The molecule has 0 amide bonds. The molecule has 0 heterocycles. The van der Waals surface area contributed by atoms with Crippen LogP contribution < -0.4 is 11.1 Å². The van der Waals surface area contributed by atoms with Gasteiger partial charge in [0, 0.05) is 6.04 Å². The van der Waals surface area contributed by atoms with Gasteiger partial charge in [-0.15, -0.1) is 0 Å². The van der Waals surface area contributed by atoms with E-state index in [0.29, 0.717) is 11.2 Å². The van der Waals surface area contributed by atoms with Crippen LogP contribution in [0.5, 0.6) is 0 Å². The van der Waals surface area contributed by atoms with E-state index in [1.54, 1.807) is 0 Å². The largest absolute Gasteiger partial charge is 0.376 e. The van der Waals surface area contributed by atoms with Gasteiger partial charge in [-0.1, -0.05) is 6.92 Å². The Labute approximate surface area is 55.4 Å². The summed E-state index contributed by atoms with van der Waals surface area (Å²) < 4.78 is 0. The van der Waals surface area contributed by atoms with Crippen LogP contribution in [0.1, 0.15) is 20.3 Å². The first kappa shape index (κ1) is 7.69. The van der Waals surface area contributed by atoms with E-state index in [4.69, 9.17) is 5.73 Å². The maximum Gasteiger partial charge on any atom is 0.163 e. The third-order valence-corrected chi connectivity index (χ3v) is 1.12. The molecule has 3 N–H and O–H groups in total. The van der Waals surface area contributed by atoms with Crippen LogP contribution in [-0.2, 0) is 0 Å². The number of hydrogen-bond donors (Lipinski definition) is 2. The second-order valence-electron chi connectivity index (χ2n) is 1.82. The fourth-order valence-corrected chi connectivity index (χ4v) is 0.546. The number of nitrogens with one attached hydrogen (secondary N) is 1. The lowest BCUT2D eigenvalue weighted by molar-refractivity contribution is 0.644. The van der Waals surface area contributed by atoms with Crippen molar-refractivity contribution in [3.8, 4) is 0 Å². The molecule has 0 bridgehead atoms. The highest BCUT2D eigenvalue weighted by molar-refractivity contribution is 7.80. The van der Waals surface area contributed by atoms with Gasteiger partial charge in [-0.05, 0) is 25.6 Å². The van der Waals surface area contributed by atoms with Gasteiger partial charge in [0.25, 0.3) is 0 Å². The lowest BCUT2D eigenvalue weighted by Crippen LogP contribution is -2.35. The zero-order chi connectivity index (χ0) is 6.57. The van der Waals surface area contributed by atoms with E-state index in [1.165, 1.54) is 0 Å². The van der Waals surface area contributed by atoms with Gasteiger partial charge in [-0.2, -0.15) is 0 Å². The van der Waals surface area contributed by atoms with Crippen molar-refractivity contribution in [2.24, 2.45) is 5.73 Å². The molecule has 1 atom stereocenters. The summed E-state index contributed by atoms with van der Waals surface area (Å²) in [4.78, 5) is 0. The average molecular weight is 132 g/mol. The molecule has 2 nitrogen and oxygen atoms in total. The Balaban J connectivity index is 3.24. The Morgan fingerprint density at radius 3 is 2.50 bits per heavy atom. The Kier molecular flexibility index (Phi) is 3.52. The van der Waals surface area contributed by atoms with E-state index < -0.39 is 0 Å². The molecule has 0 rings (SSSR count).